The molecule has 0 unspecified atom stereocenters. The van der Waals surface area contributed by atoms with Gasteiger partial charge in [0.2, 0.25) is 5.71 Å². The molecule has 0 spiro atoms. The van der Waals surface area contributed by atoms with Crippen LogP contribution >= 0.6 is 0 Å². The Bertz CT molecular complexity index is 1420. The van der Waals surface area contributed by atoms with Gasteiger partial charge in [0.05, 0.1) is 5.56 Å². The summed E-state index contributed by atoms with van der Waals surface area (Å²) in [5.41, 5.74) is -2.24. The Morgan fingerprint density at radius 3 is 2.58 bits per heavy atom. The van der Waals surface area contributed by atoms with Crippen molar-refractivity contribution >= 4 is 11.1 Å². The van der Waals surface area contributed by atoms with E-state index in [1.54, 1.807) is 0 Å². The van der Waals surface area contributed by atoms with Gasteiger partial charge < -0.3 is 8.94 Å². The van der Waals surface area contributed by atoms with Gasteiger partial charge >= 0.3 is 17.5 Å². The molecular formula is C20H14F3N3O5. The summed E-state index contributed by atoms with van der Waals surface area (Å²) in [5, 5.41) is 3.89. The number of hydrogen-bond acceptors (Lipinski definition) is 6. The maximum Gasteiger partial charge on any atom is 0.416 e. The zero-order chi connectivity index (χ0) is 22.2. The number of fused-ring (bicyclic) bond motifs is 1. The van der Waals surface area contributed by atoms with Crippen molar-refractivity contribution in [2.24, 2.45) is 0 Å². The molecule has 4 rings (SSSR count). The number of aromatic nitrogens is 3. The zero-order valence-electron chi connectivity index (χ0n) is 15.7. The molecule has 4 aromatic rings. The largest absolute Gasteiger partial charge is 0.416 e. The summed E-state index contributed by atoms with van der Waals surface area (Å²) >= 11 is 0. The normalized spacial score (nSPS) is 11.8. The maximum atomic E-state index is 12.9. The van der Waals surface area contributed by atoms with Crippen LogP contribution < -0.4 is 16.9 Å². The number of H-pyrrole nitrogens is 2. The molecule has 0 aliphatic rings. The van der Waals surface area contributed by atoms with E-state index < -0.39 is 28.6 Å². The third-order valence-corrected chi connectivity index (χ3v) is 4.64. The van der Waals surface area contributed by atoms with E-state index in [-0.39, 0.29) is 28.8 Å². The summed E-state index contributed by atoms with van der Waals surface area (Å²) in [6.45, 7) is 0. The van der Waals surface area contributed by atoms with Gasteiger partial charge in [0, 0.05) is 24.1 Å². The molecule has 0 radical (unpaired) electrons. The van der Waals surface area contributed by atoms with Crippen LogP contribution in [0.5, 0.6) is 0 Å². The van der Waals surface area contributed by atoms with Crippen LogP contribution in [0, 0.1) is 0 Å². The summed E-state index contributed by atoms with van der Waals surface area (Å²) in [4.78, 5) is 39.5. The molecule has 0 aliphatic heterocycles. The van der Waals surface area contributed by atoms with Gasteiger partial charge in [-0.2, -0.15) is 13.2 Å². The van der Waals surface area contributed by atoms with Crippen molar-refractivity contribution in [2.75, 3.05) is 0 Å². The van der Waals surface area contributed by atoms with Crippen molar-refractivity contribution in [3.05, 3.63) is 84.5 Å². The van der Waals surface area contributed by atoms with Crippen LogP contribution in [0.25, 0.3) is 22.4 Å². The van der Waals surface area contributed by atoms with Gasteiger partial charge in [-0.25, -0.2) is 9.59 Å². The SMILES string of the molecule is O=c1[nH]c(=O)c2c(CCCc3cc(-c4cccc(C(F)(F)F)c4)no3)cc(=O)oc2[nH]1. The molecule has 0 fully saturated rings. The highest BCUT2D eigenvalue weighted by Gasteiger charge is 2.30. The number of aryl methyl sites for hydroxylation is 2. The van der Waals surface area contributed by atoms with Gasteiger partial charge in [0.15, 0.2) is 0 Å². The van der Waals surface area contributed by atoms with Crippen LogP contribution in [0.1, 0.15) is 23.3 Å². The number of rotatable bonds is 5. The Hall–Kier alpha value is -3.89. The number of halogens is 3. The first-order valence-corrected chi connectivity index (χ1v) is 9.13. The van der Waals surface area contributed by atoms with E-state index in [0.29, 0.717) is 24.2 Å². The van der Waals surface area contributed by atoms with Gasteiger partial charge in [0.25, 0.3) is 5.56 Å². The van der Waals surface area contributed by atoms with E-state index in [1.165, 1.54) is 24.3 Å². The van der Waals surface area contributed by atoms with Crippen molar-refractivity contribution < 1.29 is 22.1 Å². The Labute approximate surface area is 170 Å². The number of aromatic amines is 2. The topological polar surface area (TPSA) is 122 Å². The average molecular weight is 433 g/mol. The smallest absolute Gasteiger partial charge is 0.405 e. The Balaban J connectivity index is 1.51. The third-order valence-electron chi connectivity index (χ3n) is 4.64. The molecule has 0 bridgehead atoms. The van der Waals surface area contributed by atoms with Crippen LogP contribution in [0.15, 0.2) is 59.7 Å². The lowest BCUT2D eigenvalue weighted by molar-refractivity contribution is -0.137. The molecule has 160 valence electrons. The molecule has 1 aromatic carbocycles. The fraction of sp³-hybridized carbons (Fsp3) is 0.200. The van der Waals surface area contributed by atoms with E-state index in [9.17, 15) is 27.6 Å². The highest BCUT2D eigenvalue weighted by molar-refractivity contribution is 5.75. The summed E-state index contributed by atoms with van der Waals surface area (Å²) < 4.78 is 48.8. The summed E-state index contributed by atoms with van der Waals surface area (Å²) in [7, 11) is 0. The molecule has 0 saturated carbocycles. The predicted octanol–water partition coefficient (Wildman–Crippen LogP) is 3.02. The first-order chi connectivity index (χ1) is 14.7. The van der Waals surface area contributed by atoms with E-state index >= 15 is 0 Å². The van der Waals surface area contributed by atoms with Gasteiger partial charge in [-0.1, -0.05) is 17.3 Å². The molecule has 0 atom stereocenters. The molecule has 2 N–H and O–H groups in total. The van der Waals surface area contributed by atoms with E-state index in [2.05, 4.69) is 15.1 Å². The minimum atomic E-state index is -4.46. The number of nitrogens with one attached hydrogen (secondary N) is 2. The number of nitrogens with zero attached hydrogens (tertiary/aromatic N) is 1. The van der Waals surface area contributed by atoms with Crippen LogP contribution in [0.4, 0.5) is 13.2 Å². The number of hydrogen-bond donors (Lipinski definition) is 2. The lowest BCUT2D eigenvalue weighted by atomic mass is 10.0. The molecule has 8 nitrogen and oxygen atoms in total. The van der Waals surface area contributed by atoms with Gasteiger partial charge in [-0.3, -0.25) is 14.8 Å². The van der Waals surface area contributed by atoms with Crippen molar-refractivity contribution in [1.82, 2.24) is 15.1 Å². The molecule has 0 saturated heterocycles. The monoisotopic (exact) mass is 433 g/mol. The summed E-state index contributed by atoms with van der Waals surface area (Å²) in [5.74, 6) is 0.432. The standard InChI is InChI=1S/C20H14F3N3O5/c21-20(22,23)12-5-1-3-10(7-12)14-9-13(31-26-14)6-2-4-11-8-15(27)30-18-16(11)17(28)24-19(29)25-18/h1,3,5,7-9H,2,4,6H2,(H2,24,25,28,29). The Morgan fingerprint density at radius 1 is 1.00 bits per heavy atom. The predicted molar refractivity (Wildman–Crippen MR) is 103 cm³/mol. The quantitative estimate of drug-likeness (QED) is 0.499. The third kappa shape index (κ3) is 4.34. The molecule has 31 heavy (non-hydrogen) atoms. The zero-order valence-corrected chi connectivity index (χ0v) is 15.7. The highest BCUT2D eigenvalue weighted by Crippen LogP contribution is 2.32. The van der Waals surface area contributed by atoms with Crippen molar-refractivity contribution in [1.29, 1.82) is 0 Å². The number of benzene rings is 1. The maximum absolute atomic E-state index is 12.9. The minimum Gasteiger partial charge on any atom is -0.405 e. The fourth-order valence-electron chi connectivity index (χ4n) is 3.25. The highest BCUT2D eigenvalue weighted by atomic mass is 19.4. The van der Waals surface area contributed by atoms with Crippen molar-refractivity contribution in [3.63, 3.8) is 0 Å². The second kappa shape index (κ2) is 7.74. The summed E-state index contributed by atoms with van der Waals surface area (Å²) in [6.07, 6.45) is -3.38. The molecule has 0 amide bonds. The van der Waals surface area contributed by atoms with Crippen LogP contribution in [0.2, 0.25) is 0 Å². The lowest BCUT2D eigenvalue weighted by Gasteiger charge is -2.06. The summed E-state index contributed by atoms with van der Waals surface area (Å²) in [6, 6.07) is 7.46. The second-order valence-electron chi connectivity index (χ2n) is 6.81. The first kappa shape index (κ1) is 20.4. The minimum absolute atomic E-state index is 0.0708. The van der Waals surface area contributed by atoms with Crippen LogP contribution in [-0.2, 0) is 19.0 Å². The van der Waals surface area contributed by atoms with Crippen molar-refractivity contribution in [3.8, 4) is 11.3 Å². The Kier molecular flexibility index (Phi) is 5.09. The molecule has 11 heteroatoms. The van der Waals surface area contributed by atoms with Crippen molar-refractivity contribution in [2.45, 2.75) is 25.4 Å². The lowest BCUT2D eigenvalue weighted by Crippen LogP contribution is -2.24. The second-order valence-corrected chi connectivity index (χ2v) is 6.81. The molecule has 3 heterocycles. The molecule has 0 aliphatic carbocycles. The first-order valence-electron chi connectivity index (χ1n) is 9.13. The van der Waals surface area contributed by atoms with E-state index in [0.717, 1.165) is 12.1 Å². The van der Waals surface area contributed by atoms with Gasteiger partial charge in [-0.05, 0) is 30.5 Å². The van der Waals surface area contributed by atoms with E-state index in [4.69, 9.17) is 8.94 Å². The van der Waals surface area contributed by atoms with Gasteiger partial charge in [-0.15, -0.1) is 0 Å². The van der Waals surface area contributed by atoms with Crippen LogP contribution in [-0.4, -0.2) is 15.1 Å². The van der Waals surface area contributed by atoms with Gasteiger partial charge in [0.1, 0.15) is 16.8 Å². The fourth-order valence-corrected chi connectivity index (χ4v) is 3.25. The Morgan fingerprint density at radius 2 is 1.81 bits per heavy atom. The number of alkyl halides is 3. The molecule has 3 aromatic heterocycles. The van der Waals surface area contributed by atoms with Crippen LogP contribution in [0.3, 0.4) is 0 Å². The molecular weight excluding hydrogens is 419 g/mol. The average Bonchev–Trinajstić information content (AvgIpc) is 3.15. The van der Waals surface area contributed by atoms with E-state index in [1.807, 2.05) is 0 Å².